The van der Waals surface area contributed by atoms with Gasteiger partial charge in [-0.3, -0.25) is 4.90 Å². The van der Waals surface area contributed by atoms with Crippen LogP contribution in [0.2, 0.25) is 0 Å². The Balaban J connectivity index is 1.65. The van der Waals surface area contributed by atoms with Gasteiger partial charge in [-0.25, -0.2) is 4.79 Å². The summed E-state index contributed by atoms with van der Waals surface area (Å²) in [4.78, 5) is 14.0. The number of hydrogen-bond donors (Lipinski definition) is 0. The Bertz CT molecular complexity index is 1100. The van der Waals surface area contributed by atoms with E-state index in [1.807, 2.05) is 18.2 Å². The fourth-order valence-corrected chi connectivity index (χ4v) is 4.68. The van der Waals surface area contributed by atoms with Crippen molar-refractivity contribution < 1.29 is 14.3 Å². The van der Waals surface area contributed by atoms with Crippen molar-refractivity contribution in [1.82, 2.24) is 9.47 Å². The summed E-state index contributed by atoms with van der Waals surface area (Å²) in [6.07, 6.45) is 4.32. The van der Waals surface area contributed by atoms with Crippen LogP contribution in [0, 0.1) is 0 Å². The lowest BCUT2D eigenvalue weighted by Gasteiger charge is -2.28. The molecule has 0 saturated carbocycles. The van der Waals surface area contributed by atoms with E-state index in [-0.39, 0.29) is 5.97 Å². The van der Waals surface area contributed by atoms with Crippen LogP contribution in [-0.2, 0) is 35.6 Å². The minimum absolute atomic E-state index is 0.343. The van der Waals surface area contributed by atoms with E-state index in [0.29, 0.717) is 0 Å². The predicted molar refractivity (Wildman–Crippen MR) is 128 cm³/mol. The number of nitrogens with zero attached hydrogens (tertiary/aromatic N) is 2. The molecule has 1 aromatic heterocycles. The molecule has 31 heavy (non-hydrogen) atoms. The highest BCUT2D eigenvalue weighted by Gasteiger charge is 2.24. The van der Waals surface area contributed by atoms with Gasteiger partial charge in [0, 0.05) is 60.6 Å². The molecular formula is C25H27BrN2O3. The van der Waals surface area contributed by atoms with Gasteiger partial charge in [0.2, 0.25) is 0 Å². The molecule has 1 aliphatic rings. The fraction of sp³-hybridized carbons (Fsp3) is 0.320. The van der Waals surface area contributed by atoms with Crippen LogP contribution >= 0.6 is 15.9 Å². The monoisotopic (exact) mass is 482 g/mol. The van der Waals surface area contributed by atoms with E-state index in [1.165, 1.54) is 40.9 Å². The molecular weight excluding hydrogens is 456 g/mol. The first kappa shape index (κ1) is 21.7. The molecule has 6 heteroatoms. The van der Waals surface area contributed by atoms with Crippen LogP contribution < -0.4 is 4.74 Å². The third-order valence-corrected chi connectivity index (χ3v) is 6.20. The Kier molecular flexibility index (Phi) is 6.78. The third kappa shape index (κ3) is 4.70. The van der Waals surface area contributed by atoms with Gasteiger partial charge < -0.3 is 14.0 Å². The molecule has 0 aliphatic carbocycles. The summed E-state index contributed by atoms with van der Waals surface area (Å²) >= 11 is 3.61. The minimum atomic E-state index is -0.343. The molecule has 0 fully saturated rings. The second-order valence-electron chi connectivity index (χ2n) is 7.71. The highest BCUT2D eigenvalue weighted by atomic mass is 79.9. The lowest BCUT2D eigenvalue weighted by atomic mass is 10.0. The lowest BCUT2D eigenvalue weighted by molar-refractivity contribution is -0.134. The maximum absolute atomic E-state index is 11.5. The van der Waals surface area contributed by atoms with Crippen molar-refractivity contribution in [2.24, 2.45) is 0 Å². The Hall–Kier alpha value is -2.57. The number of ether oxygens (including phenoxy) is 2. The summed E-state index contributed by atoms with van der Waals surface area (Å²) in [7, 11) is 3.09. The fourth-order valence-electron chi connectivity index (χ4n) is 4.32. The van der Waals surface area contributed by atoms with Crippen LogP contribution in [0.15, 0.2) is 48.5 Å². The summed E-state index contributed by atoms with van der Waals surface area (Å²) in [5, 5.41) is 2.19. The molecule has 0 spiro atoms. The maximum Gasteiger partial charge on any atom is 0.330 e. The van der Waals surface area contributed by atoms with Crippen LogP contribution in [0.3, 0.4) is 0 Å². The van der Waals surface area contributed by atoms with Gasteiger partial charge in [-0.05, 0) is 47.0 Å². The molecule has 0 N–H and O–H groups in total. The summed E-state index contributed by atoms with van der Waals surface area (Å²) < 4.78 is 12.4. The largest absolute Gasteiger partial charge is 0.497 e. The Morgan fingerprint density at radius 3 is 2.68 bits per heavy atom. The van der Waals surface area contributed by atoms with E-state index in [1.54, 1.807) is 7.11 Å². The third-order valence-electron chi connectivity index (χ3n) is 5.84. The number of rotatable bonds is 7. The van der Waals surface area contributed by atoms with E-state index in [2.05, 4.69) is 55.7 Å². The van der Waals surface area contributed by atoms with Crippen molar-refractivity contribution in [3.63, 3.8) is 0 Å². The molecule has 2 heterocycles. The molecule has 162 valence electrons. The number of hydrogen-bond acceptors (Lipinski definition) is 4. The molecule has 0 amide bonds. The van der Waals surface area contributed by atoms with Crippen molar-refractivity contribution >= 4 is 38.9 Å². The number of benzene rings is 2. The van der Waals surface area contributed by atoms with Gasteiger partial charge in [0.25, 0.3) is 0 Å². The normalized spacial score (nSPS) is 14.2. The molecule has 0 bridgehead atoms. The molecule has 1 aliphatic heterocycles. The molecule has 0 radical (unpaired) electrons. The van der Waals surface area contributed by atoms with Gasteiger partial charge in [0.1, 0.15) is 5.75 Å². The van der Waals surface area contributed by atoms with Crippen molar-refractivity contribution in [2.45, 2.75) is 26.1 Å². The second kappa shape index (κ2) is 9.71. The first-order chi connectivity index (χ1) is 15.1. The molecule has 0 unspecified atom stereocenters. The molecule has 3 aromatic rings. The van der Waals surface area contributed by atoms with Crippen molar-refractivity contribution in [2.75, 3.05) is 26.1 Å². The molecule has 0 saturated heterocycles. The van der Waals surface area contributed by atoms with E-state index in [0.717, 1.165) is 49.2 Å². The minimum Gasteiger partial charge on any atom is -0.497 e. The van der Waals surface area contributed by atoms with Crippen molar-refractivity contribution in [3.05, 3.63) is 70.9 Å². The predicted octanol–water partition coefficient (Wildman–Crippen LogP) is 4.79. The van der Waals surface area contributed by atoms with Gasteiger partial charge in [0.15, 0.2) is 0 Å². The van der Waals surface area contributed by atoms with Gasteiger partial charge >= 0.3 is 5.97 Å². The summed E-state index contributed by atoms with van der Waals surface area (Å²) in [5.74, 6) is 0.541. The number of esters is 1. The number of halogens is 1. The van der Waals surface area contributed by atoms with Crippen LogP contribution in [0.4, 0.5) is 0 Å². The lowest BCUT2D eigenvalue weighted by Crippen LogP contribution is -2.30. The smallest absolute Gasteiger partial charge is 0.330 e. The number of carbonyl (C=O) groups excluding carboxylic acids is 1. The zero-order valence-corrected chi connectivity index (χ0v) is 19.5. The van der Waals surface area contributed by atoms with Crippen LogP contribution in [0.25, 0.3) is 17.0 Å². The Labute approximate surface area is 191 Å². The van der Waals surface area contributed by atoms with Crippen molar-refractivity contribution in [1.29, 1.82) is 0 Å². The number of aryl methyl sites for hydroxylation is 1. The van der Waals surface area contributed by atoms with Crippen LogP contribution in [0.1, 0.15) is 22.4 Å². The second-order valence-corrected chi connectivity index (χ2v) is 8.50. The topological polar surface area (TPSA) is 43.7 Å². The molecule has 0 atom stereocenters. The Morgan fingerprint density at radius 1 is 1.16 bits per heavy atom. The van der Waals surface area contributed by atoms with Crippen LogP contribution in [0.5, 0.6) is 5.75 Å². The van der Waals surface area contributed by atoms with E-state index in [4.69, 9.17) is 9.47 Å². The highest BCUT2D eigenvalue weighted by molar-refractivity contribution is 9.09. The number of carbonyl (C=O) groups is 1. The zero-order chi connectivity index (χ0) is 21.8. The van der Waals surface area contributed by atoms with Gasteiger partial charge in [-0.15, -0.1) is 0 Å². The summed E-state index contributed by atoms with van der Waals surface area (Å²) in [6.45, 7) is 3.81. The number of fused-ring (bicyclic) bond motifs is 3. The first-order valence-electron chi connectivity index (χ1n) is 10.4. The maximum atomic E-state index is 11.5. The van der Waals surface area contributed by atoms with E-state index >= 15 is 0 Å². The zero-order valence-electron chi connectivity index (χ0n) is 17.9. The summed E-state index contributed by atoms with van der Waals surface area (Å²) in [6, 6.07) is 14.7. The molecule has 4 rings (SSSR count). The van der Waals surface area contributed by atoms with E-state index in [9.17, 15) is 4.79 Å². The average molecular weight is 483 g/mol. The first-order valence-corrected chi connectivity index (χ1v) is 11.6. The summed E-state index contributed by atoms with van der Waals surface area (Å²) in [5.41, 5.74) is 6.36. The number of aromatic nitrogens is 1. The SMILES string of the molecule is COC(=O)/C=C/c1ccc2c(c1)c1c(n2CCBr)CCN(Cc2ccc(OC)cc2)C1. The highest BCUT2D eigenvalue weighted by Crippen LogP contribution is 2.33. The molecule has 2 aromatic carbocycles. The van der Waals surface area contributed by atoms with E-state index < -0.39 is 0 Å². The van der Waals surface area contributed by atoms with Gasteiger partial charge in [-0.1, -0.05) is 34.1 Å². The number of methoxy groups -OCH3 is 2. The van der Waals surface area contributed by atoms with Crippen molar-refractivity contribution in [3.8, 4) is 5.75 Å². The standard InChI is InChI=1S/C25H27BrN2O3/c1-30-20-7-3-19(4-8-20)16-27-13-11-24-22(17-27)21-15-18(6-10-25(29)31-2)5-9-23(21)28(24)14-12-26/h3-10,15H,11-14,16-17H2,1-2H3/b10-6+. The number of alkyl halides is 1. The van der Waals surface area contributed by atoms with Crippen LogP contribution in [-0.4, -0.2) is 41.5 Å². The Morgan fingerprint density at radius 2 is 1.97 bits per heavy atom. The quantitative estimate of drug-likeness (QED) is 0.276. The average Bonchev–Trinajstić information content (AvgIpc) is 3.10. The van der Waals surface area contributed by atoms with Gasteiger partial charge in [0.05, 0.1) is 14.2 Å². The molecule has 5 nitrogen and oxygen atoms in total. The van der Waals surface area contributed by atoms with Gasteiger partial charge in [-0.2, -0.15) is 0 Å².